The molecule has 0 saturated carbocycles. The Balaban J connectivity index is 2.88. The Hall–Kier alpha value is -2.69. The van der Waals surface area contributed by atoms with E-state index in [0.717, 1.165) is 5.56 Å². The van der Waals surface area contributed by atoms with Crippen LogP contribution in [0.2, 0.25) is 0 Å². The van der Waals surface area contributed by atoms with Gasteiger partial charge in [-0.25, -0.2) is 4.79 Å². The van der Waals surface area contributed by atoms with Crippen molar-refractivity contribution in [3.8, 4) is 0 Å². The normalized spacial score (nSPS) is 14.2. The van der Waals surface area contributed by atoms with E-state index < -0.39 is 52.0 Å². The first-order valence-corrected chi connectivity index (χ1v) is 14.1. The molecule has 0 spiro atoms. The molecule has 1 aromatic rings. The van der Waals surface area contributed by atoms with Crippen LogP contribution in [0.1, 0.15) is 66.4 Å². The lowest BCUT2D eigenvalue weighted by Crippen LogP contribution is -2.55. The van der Waals surface area contributed by atoms with E-state index in [1.165, 1.54) is 0 Å². The van der Waals surface area contributed by atoms with Gasteiger partial charge in [0.05, 0.1) is 0 Å². The van der Waals surface area contributed by atoms with Crippen LogP contribution in [0, 0.1) is 17.8 Å². The third-order valence-corrected chi connectivity index (χ3v) is 6.66. The smallest absolute Gasteiger partial charge is 0.408 e. The van der Waals surface area contributed by atoms with Crippen LogP contribution < -0.4 is 16.0 Å². The molecule has 3 atom stereocenters. The maximum atomic E-state index is 13.7. The fraction of sp³-hybridized carbons (Fsp3) is 0.654. The van der Waals surface area contributed by atoms with Crippen LogP contribution in [-0.4, -0.2) is 50.2 Å². The van der Waals surface area contributed by atoms with Gasteiger partial charge in [-0.15, -0.1) is 3.89 Å². The highest BCUT2D eigenvalue weighted by molar-refractivity contribution is 7.87. The molecule has 37 heavy (non-hydrogen) atoms. The Morgan fingerprint density at radius 3 is 1.81 bits per heavy atom. The van der Waals surface area contributed by atoms with E-state index in [1.807, 2.05) is 45.9 Å². The zero-order chi connectivity index (χ0) is 28.2. The van der Waals surface area contributed by atoms with Crippen LogP contribution in [-0.2, 0) is 31.2 Å². The number of carbonyl (C=O) groups excluding carboxylic acids is 3. The quantitative estimate of drug-likeness (QED) is 0.289. The van der Waals surface area contributed by atoms with Gasteiger partial charge >= 0.3 is 16.3 Å². The number of alkyl carbamates (subject to hydrolysis) is 1. The molecule has 210 valence electrons. The fourth-order valence-corrected chi connectivity index (χ4v) is 4.64. The second-order valence-corrected chi connectivity index (χ2v) is 12.2. The van der Waals surface area contributed by atoms with Crippen LogP contribution in [0.25, 0.3) is 0 Å². The van der Waals surface area contributed by atoms with Gasteiger partial charge in [-0.05, 0) is 42.6 Å². The molecular weight excluding hydrogens is 501 g/mol. The highest BCUT2D eigenvalue weighted by atomic mass is 32.3. The molecule has 0 unspecified atom stereocenters. The molecule has 0 aromatic heterocycles. The summed E-state index contributed by atoms with van der Waals surface area (Å²) in [5, 5.41) is 6.35. The number of rotatable bonds is 15. The number of amides is 3. The summed E-state index contributed by atoms with van der Waals surface area (Å²) in [6, 6.07) is 7.15. The van der Waals surface area contributed by atoms with Crippen LogP contribution in [0.5, 0.6) is 0 Å². The van der Waals surface area contributed by atoms with E-state index in [1.54, 1.807) is 26.0 Å². The zero-order valence-electron chi connectivity index (χ0n) is 22.6. The van der Waals surface area contributed by atoms with Gasteiger partial charge in [-0.1, -0.05) is 71.9 Å². The molecule has 1 rings (SSSR count). The standard InChI is InChI=1S/C26H42FN3O6S/c1-17(2)12-21(37(27,34)35)15-28-24(31)22(13-18(3)4)29-25(32)23(14-19(5)6)30-26(33)36-16-20-10-8-7-9-11-20/h7-11,17-19,21-23H,12-16H2,1-6H3,(H,28,31)(H,29,32)(H,30,33)/t21-,22-,23-/m0/s1. The summed E-state index contributed by atoms with van der Waals surface area (Å²) in [6.45, 7) is 10.7. The van der Waals surface area contributed by atoms with Gasteiger partial charge in [0.25, 0.3) is 0 Å². The van der Waals surface area contributed by atoms with Crippen molar-refractivity contribution in [2.24, 2.45) is 17.8 Å². The van der Waals surface area contributed by atoms with E-state index in [9.17, 15) is 26.7 Å². The lowest BCUT2D eigenvalue weighted by molar-refractivity contribution is -0.130. The first kappa shape index (κ1) is 32.3. The summed E-state index contributed by atoms with van der Waals surface area (Å²) in [5.74, 6) is -1.21. The number of nitrogens with one attached hydrogen (secondary N) is 3. The van der Waals surface area contributed by atoms with Gasteiger partial charge in [0.2, 0.25) is 11.8 Å². The SMILES string of the molecule is CC(C)C[C@@H](CNC(=O)[C@H](CC(C)C)NC(=O)[C@H](CC(C)C)NC(=O)OCc1ccccc1)S(=O)(=O)F. The molecule has 3 N–H and O–H groups in total. The van der Waals surface area contributed by atoms with Crippen molar-refractivity contribution in [1.29, 1.82) is 0 Å². The van der Waals surface area contributed by atoms with Gasteiger partial charge < -0.3 is 20.7 Å². The number of ether oxygens (including phenoxy) is 1. The molecule has 0 saturated heterocycles. The molecule has 0 aliphatic rings. The zero-order valence-corrected chi connectivity index (χ0v) is 23.4. The average molecular weight is 544 g/mol. The molecule has 0 fully saturated rings. The molecule has 0 heterocycles. The summed E-state index contributed by atoms with van der Waals surface area (Å²) in [4.78, 5) is 38.4. The largest absolute Gasteiger partial charge is 0.445 e. The van der Waals surface area contributed by atoms with Crippen LogP contribution in [0.15, 0.2) is 30.3 Å². The highest BCUT2D eigenvalue weighted by Gasteiger charge is 2.31. The van der Waals surface area contributed by atoms with Crippen molar-refractivity contribution in [2.45, 2.75) is 84.7 Å². The Morgan fingerprint density at radius 2 is 1.32 bits per heavy atom. The first-order valence-electron chi connectivity index (χ1n) is 12.7. The molecule has 3 amide bonds. The van der Waals surface area contributed by atoms with E-state index >= 15 is 0 Å². The average Bonchev–Trinajstić information content (AvgIpc) is 2.78. The van der Waals surface area contributed by atoms with Crippen molar-refractivity contribution in [1.82, 2.24) is 16.0 Å². The molecule has 0 bridgehead atoms. The lowest BCUT2D eigenvalue weighted by atomic mass is 10.00. The molecule has 0 aliphatic carbocycles. The second kappa shape index (κ2) is 15.5. The summed E-state index contributed by atoms with van der Waals surface area (Å²) in [5.41, 5.74) is 0.794. The monoisotopic (exact) mass is 543 g/mol. The third kappa shape index (κ3) is 13.4. The number of benzene rings is 1. The lowest BCUT2D eigenvalue weighted by Gasteiger charge is -2.25. The Morgan fingerprint density at radius 1 is 0.811 bits per heavy atom. The summed E-state index contributed by atoms with van der Waals surface area (Å²) in [7, 11) is -4.86. The predicted molar refractivity (Wildman–Crippen MR) is 141 cm³/mol. The number of halogens is 1. The van der Waals surface area contributed by atoms with Crippen LogP contribution in [0.4, 0.5) is 8.68 Å². The molecule has 0 radical (unpaired) electrons. The van der Waals surface area contributed by atoms with Gasteiger partial charge in [0, 0.05) is 6.54 Å². The second-order valence-electron chi connectivity index (χ2n) is 10.6. The predicted octanol–water partition coefficient (Wildman–Crippen LogP) is 3.69. The van der Waals surface area contributed by atoms with Crippen LogP contribution in [0.3, 0.4) is 0 Å². The van der Waals surface area contributed by atoms with E-state index in [2.05, 4.69) is 16.0 Å². The first-order chi connectivity index (χ1) is 17.2. The van der Waals surface area contributed by atoms with Gasteiger partial charge in [-0.2, -0.15) is 8.42 Å². The van der Waals surface area contributed by atoms with Crippen molar-refractivity contribution < 1.29 is 31.4 Å². The molecule has 1 aromatic carbocycles. The number of carbonyl (C=O) groups is 3. The van der Waals surface area contributed by atoms with Crippen LogP contribution >= 0.6 is 0 Å². The minimum absolute atomic E-state index is 0.0137. The highest BCUT2D eigenvalue weighted by Crippen LogP contribution is 2.15. The van der Waals surface area contributed by atoms with Crippen molar-refractivity contribution >= 4 is 28.1 Å². The summed E-state index contributed by atoms with van der Waals surface area (Å²) >= 11 is 0. The van der Waals surface area contributed by atoms with E-state index in [0.29, 0.717) is 6.42 Å². The van der Waals surface area contributed by atoms with Crippen molar-refractivity contribution in [3.05, 3.63) is 35.9 Å². The number of hydrogen-bond donors (Lipinski definition) is 3. The molecular formula is C26H42FN3O6S. The van der Waals surface area contributed by atoms with Crippen molar-refractivity contribution in [2.75, 3.05) is 6.54 Å². The van der Waals surface area contributed by atoms with Crippen molar-refractivity contribution in [3.63, 3.8) is 0 Å². The summed E-state index contributed by atoms with van der Waals surface area (Å²) in [6.07, 6.45) is -0.147. The minimum Gasteiger partial charge on any atom is -0.445 e. The Kier molecular flexibility index (Phi) is 13.6. The fourth-order valence-electron chi connectivity index (χ4n) is 3.75. The maximum absolute atomic E-state index is 13.7. The van der Waals surface area contributed by atoms with Gasteiger partial charge in [0.15, 0.2) is 0 Å². The maximum Gasteiger partial charge on any atom is 0.408 e. The molecule has 9 nitrogen and oxygen atoms in total. The number of hydrogen-bond acceptors (Lipinski definition) is 6. The van der Waals surface area contributed by atoms with Gasteiger partial charge in [-0.3, -0.25) is 9.59 Å². The topological polar surface area (TPSA) is 131 Å². The van der Waals surface area contributed by atoms with E-state index in [-0.39, 0.29) is 37.2 Å². The molecule has 0 aliphatic heterocycles. The minimum atomic E-state index is -4.86. The third-order valence-electron chi connectivity index (χ3n) is 5.50. The summed E-state index contributed by atoms with van der Waals surface area (Å²) < 4.78 is 41.9. The molecule has 11 heteroatoms. The Labute approximate surface area is 220 Å². The van der Waals surface area contributed by atoms with Gasteiger partial charge in [0.1, 0.15) is 23.9 Å². The van der Waals surface area contributed by atoms with E-state index in [4.69, 9.17) is 4.74 Å². The Bertz CT molecular complexity index is 970.